The summed E-state index contributed by atoms with van der Waals surface area (Å²) in [5.41, 5.74) is 0.789. The molecule has 0 spiro atoms. The van der Waals surface area contributed by atoms with Crippen molar-refractivity contribution in [1.82, 2.24) is 9.97 Å². The first kappa shape index (κ1) is 15.1. The van der Waals surface area contributed by atoms with Crippen molar-refractivity contribution in [3.05, 3.63) is 40.0 Å². The van der Waals surface area contributed by atoms with Crippen molar-refractivity contribution >= 4 is 35.0 Å². The number of benzene rings is 1. The minimum atomic E-state index is -0.596. The lowest BCUT2D eigenvalue weighted by molar-refractivity contribution is 0.0594. The standard InChI is InChI=1S/C15H13Cl2N3O2/c1-22-15(21)12-11(17)14(18-10-6-7-10)20-13(19-12)8-2-4-9(16)5-3-8/h2-5,10H,6-7H2,1H3,(H,18,19,20). The quantitative estimate of drug-likeness (QED) is 0.859. The predicted molar refractivity (Wildman–Crippen MR) is 85.5 cm³/mol. The van der Waals surface area contributed by atoms with E-state index in [1.807, 2.05) is 0 Å². The van der Waals surface area contributed by atoms with Crippen LogP contribution in [-0.2, 0) is 4.74 Å². The number of anilines is 1. The second-order valence-electron chi connectivity index (χ2n) is 4.98. The Balaban J connectivity index is 2.08. The van der Waals surface area contributed by atoms with Crippen molar-refractivity contribution in [2.45, 2.75) is 18.9 Å². The van der Waals surface area contributed by atoms with Crippen LogP contribution in [0.2, 0.25) is 10.0 Å². The average molecular weight is 338 g/mol. The number of hydrogen-bond donors (Lipinski definition) is 1. The molecule has 0 saturated heterocycles. The number of carbonyl (C=O) groups excluding carboxylic acids is 1. The molecule has 1 aliphatic carbocycles. The van der Waals surface area contributed by atoms with Crippen molar-refractivity contribution in [2.75, 3.05) is 12.4 Å². The van der Waals surface area contributed by atoms with Gasteiger partial charge in [-0.1, -0.05) is 23.2 Å². The van der Waals surface area contributed by atoms with Crippen LogP contribution in [0, 0.1) is 0 Å². The molecule has 22 heavy (non-hydrogen) atoms. The lowest BCUT2D eigenvalue weighted by atomic mass is 10.2. The van der Waals surface area contributed by atoms with E-state index in [1.165, 1.54) is 7.11 Å². The SMILES string of the molecule is COC(=O)c1nc(-c2ccc(Cl)cc2)nc(NC2CC2)c1Cl. The number of methoxy groups -OCH3 is 1. The molecule has 0 aliphatic heterocycles. The molecule has 0 unspecified atom stereocenters. The molecule has 1 aromatic heterocycles. The van der Waals surface area contributed by atoms with Gasteiger partial charge in [0.25, 0.3) is 0 Å². The highest BCUT2D eigenvalue weighted by Crippen LogP contribution is 2.32. The molecular weight excluding hydrogens is 325 g/mol. The van der Waals surface area contributed by atoms with E-state index >= 15 is 0 Å². The van der Waals surface area contributed by atoms with Crippen molar-refractivity contribution in [1.29, 1.82) is 0 Å². The molecule has 0 radical (unpaired) electrons. The zero-order valence-corrected chi connectivity index (χ0v) is 13.3. The van der Waals surface area contributed by atoms with Crippen molar-refractivity contribution < 1.29 is 9.53 Å². The second-order valence-corrected chi connectivity index (χ2v) is 5.79. The van der Waals surface area contributed by atoms with Crippen LogP contribution in [0.4, 0.5) is 5.82 Å². The van der Waals surface area contributed by atoms with Crippen LogP contribution in [-0.4, -0.2) is 29.1 Å². The maximum absolute atomic E-state index is 11.9. The minimum absolute atomic E-state index is 0.0484. The molecule has 0 amide bonds. The summed E-state index contributed by atoms with van der Waals surface area (Å²) in [6.07, 6.45) is 2.12. The Hall–Kier alpha value is -1.85. The number of rotatable bonds is 4. The third-order valence-electron chi connectivity index (χ3n) is 3.25. The summed E-state index contributed by atoms with van der Waals surface area (Å²) in [6.45, 7) is 0. The van der Waals surface area contributed by atoms with Gasteiger partial charge in [0.1, 0.15) is 10.8 Å². The van der Waals surface area contributed by atoms with Crippen LogP contribution in [0.15, 0.2) is 24.3 Å². The summed E-state index contributed by atoms with van der Waals surface area (Å²) in [4.78, 5) is 20.5. The fourth-order valence-electron chi connectivity index (χ4n) is 1.92. The first-order chi connectivity index (χ1) is 10.6. The molecule has 0 atom stereocenters. The molecule has 1 N–H and O–H groups in total. The predicted octanol–water partition coefficient (Wildman–Crippen LogP) is 3.81. The molecule has 1 heterocycles. The van der Waals surface area contributed by atoms with E-state index in [2.05, 4.69) is 15.3 Å². The van der Waals surface area contributed by atoms with Crippen molar-refractivity contribution in [3.8, 4) is 11.4 Å². The van der Waals surface area contributed by atoms with E-state index in [0.29, 0.717) is 22.7 Å². The maximum atomic E-state index is 11.9. The van der Waals surface area contributed by atoms with E-state index in [0.717, 1.165) is 18.4 Å². The highest BCUT2D eigenvalue weighted by molar-refractivity contribution is 6.35. The molecule has 3 rings (SSSR count). The van der Waals surface area contributed by atoms with Gasteiger partial charge >= 0.3 is 5.97 Å². The van der Waals surface area contributed by atoms with Gasteiger partial charge in [-0.25, -0.2) is 14.8 Å². The Bertz CT molecular complexity index is 715. The number of carbonyl (C=O) groups is 1. The molecule has 2 aromatic rings. The first-order valence-corrected chi connectivity index (χ1v) is 7.52. The normalized spacial score (nSPS) is 13.8. The van der Waals surface area contributed by atoms with Crippen molar-refractivity contribution in [3.63, 3.8) is 0 Å². The third kappa shape index (κ3) is 3.15. The summed E-state index contributed by atoms with van der Waals surface area (Å²) in [5.74, 6) is 0.246. The molecule has 0 bridgehead atoms. The molecule has 1 aromatic carbocycles. The lowest BCUT2D eigenvalue weighted by Crippen LogP contribution is -2.12. The van der Waals surface area contributed by atoms with Gasteiger partial charge in [-0.3, -0.25) is 0 Å². The second kappa shape index (κ2) is 6.10. The number of esters is 1. The van der Waals surface area contributed by atoms with Gasteiger partial charge in [0.05, 0.1) is 7.11 Å². The molecule has 1 fully saturated rings. The Labute approximate surface area is 137 Å². The zero-order chi connectivity index (χ0) is 15.7. The van der Waals surface area contributed by atoms with Crippen LogP contribution >= 0.6 is 23.2 Å². The number of nitrogens with one attached hydrogen (secondary N) is 1. The highest BCUT2D eigenvalue weighted by atomic mass is 35.5. The topological polar surface area (TPSA) is 64.1 Å². The summed E-state index contributed by atoms with van der Waals surface area (Å²) < 4.78 is 4.74. The number of aromatic nitrogens is 2. The fraction of sp³-hybridized carbons (Fsp3) is 0.267. The Morgan fingerprint density at radius 3 is 2.50 bits per heavy atom. The summed E-state index contributed by atoms with van der Waals surface area (Å²) in [7, 11) is 1.29. The Kier molecular flexibility index (Phi) is 4.18. The minimum Gasteiger partial charge on any atom is -0.464 e. The van der Waals surface area contributed by atoms with Gasteiger partial charge in [-0.2, -0.15) is 0 Å². The number of halogens is 2. The van der Waals surface area contributed by atoms with E-state index in [4.69, 9.17) is 27.9 Å². The van der Waals surface area contributed by atoms with Crippen LogP contribution in [0.5, 0.6) is 0 Å². The van der Waals surface area contributed by atoms with Gasteiger partial charge in [-0.15, -0.1) is 0 Å². The van der Waals surface area contributed by atoms with E-state index in [1.54, 1.807) is 24.3 Å². The van der Waals surface area contributed by atoms with E-state index in [9.17, 15) is 4.79 Å². The summed E-state index contributed by atoms with van der Waals surface area (Å²) >= 11 is 12.1. The molecule has 114 valence electrons. The summed E-state index contributed by atoms with van der Waals surface area (Å²) in [6, 6.07) is 7.39. The fourth-order valence-corrected chi connectivity index (χ4v) is 2.27. The largest absolute Gasteiger partial charge is 0.464 e. The number of nitrogens with zero attached hydrogens (tertiary/aromatic N) is 2. The van der Waals surface area contributed by atoms with Gasteiger partial charge in [-0.05, 0) is 37.1 Å². The van der Waals surface area contributed by atoms with Crippen LogP contribution < -0.4 is 5.32 Å². The van der Waals surface area contributed by atoms with Crippen LogP contribution in [0.3, 0.4) is 0 Å². The zero-order valence-electron chi connectivity index (χ0n) is 11.8. The highest BCUT2D eigenvalue weighted by Gasteiger charge is 2.26. The van der Waals surface area contributed by atoms with Crippen LogP contribution in [0.25, 0.3) is 11.4 Å². The first-order valence-electron chi connectivity index (χ1n) is 6.77. The lowest BCUT2D eigenvalue weighted by Gasteiger charge is -2.11. The Morgan fingerprint density at radius 1 is 1.23 bits per heavy atom. The van der Waals surface area contributed by atoms with Crippen LogP contribution in [0.1, 0.15) is 23.3 Å². The third-order valence-corrected chi connectivity index (χ3v) is 3.86. The van der Waals surface area contributed by atoms with E-state index < -0.39 is 5.97 Å². The van der Waals surface area contributed by atoms with Crippen molar-refractivity contribution in [2.24, 2.45) is 0 Å². The molecule has 7 heteroatoms. The van der Waals surface area contributed by atoms with Gasteiger partial charge in [0.15, 0.2) is 11.5 Å². The molecular formula is C15H13Cl2N3O2. The molecule has 1 aliphatic rings. The van der Waals surface area contributed by atoms with Gasteiger partial charge in [0, 0.05) is 16.6 Å². The maximum Gasteiger partial charge on any atom is 0.358 e. The monoisotopic (exact) mass is 337 g/mol. The number of hydrogen-bond acceptors (Lipinski definition) is 5. The number of ether oxygens (including phenoxy) is 1. The summed E-state index contributed by atoms with van der Waals surface area (Å²) in [5, 5.41) is 4.00. The van der Waals surface area contributed by atoms with Gasteiger partial charge < -0.3 is 10.1 Å². The molecule has 5 nitrogen and oxygen atoms in total. The molecule has 1 saturated carbocycles. The van der Waals surface area contributed by atoms with E-state index in [-0.39, 0.29) is 10.7 Å². The Morgan fingerprint density at radius 2 is 1.91 bits per heavy atom. The smallest absolute Gasteiger partial charge is 0.358 e. The van der Waals surface area contributed by atoms with Gasteiger partial charge in [0.2, 0.25) is 0 Å². The average Bonchev–Trinajstić information content (AvgIpc) is 3.33.